The van der Waals surface area contributed by atoms with Crippen LogP contribution in [-0.4, -0.2) is 39.2 Å². The number of benzene rings is 2. The van der Waals surface area contributed by atoms with Crippen molar-refractivity contribution in [2.45, 2.75) is 18.9 Å². The number of anilines is 1. The van der Waals surface area contributed by atoms with Crippen LogP contribution in [0.3, 0.4) is 0 Å². The highest BCUT2D eigenvalue weighted by atomic mass is 19.4. The van der Waals surface area contributed by atoms with Crippen molar-refractivity contribution in [1.29, 1.82) is 0 Å². The summed E-state index contributed by atoms with van der Waals surface area (Å²) in [6, 6.07) is 7.31. The molecule has 6 nitrogen and oxygen atoms in total. The van der Waals surface area contributed by atoms with Gasteiger partial charge in [-0.3, -0.25) is 9.69 Å². The van der Waals surface area contributed by atoms with Gasteiger partial charge in [0.2, 0.25) is 5.91 Å². The van der Waals surface area contributed by atoms with Gasteiger partial charge in [0.25, 0.3) is 0 Å². The van der Waals surface area contributed by atoms with E-state index in [0.29, 0.717) is 5.56 Å². The van der Waals surface area contributed by atoms with Gasteiger partial charge in [-0.05, 0) is 42.9 Å². The summed E-state index contributed by atoms with van der Waals surface area (Å²) in [4.78, 5) is 17.7. The molecular formula is C20H17F6N5O. The molecule has 0 saturated carbocycles. The predicted molar refractivity (Wildman–Crippen MR) is 103 cm³/mol. The van der Waals surface area contributed by atoms with E-state index in [0.717, 1.165) is 24.3 Å². The molecule has 170 valence electrons. The van der Waals surface area contributed by atoms with Crippen LogP contribution >= 0.6 is 0 Å². The van der Waals surface area contributed by atoms with Crippen LogP contribution in [0.15, 0.2) is 55.1 Å². The molecule has 0 aliphatic rings. The summed E-state index contributed by atoms with van der Waals surface area (Å²) in [5.74, 6) is -0.611. The molecule has 0 unspecified atom stereocenters. The molecule has 3 rings (SSSR count). The number of nitrogens with one attached hydrogen (secondary N) is 1. The van der Waals surface area contributed by atoms with E-state index < -0.39 is 29.4 Å². The smallest absolute Gasteiger partial charge is 0.323 e. The molecule has 0 aliphatic heterocycles. The Bertz CT molecular complexity index is 1060. The number of hydrogen-bond donors (Lipinski definition) is 1. The lowest BCUT2D eigenvalue weighted by Crippen LogP contribution is -2.30. The molecule has 0 atom stereocenters. The largest absolute Gasteiger partial charge is 0.416 e. The summed E-state index contributed by atoms with van der Waals surface area (Å²) in [6.45, 7) is -0.0574. The molecule has 1 N–H and O–H groups in total. The van der Waals surface area contributed by atoms with Crippen molar-refractivity contribution in [2.24, 2.45) is 0 Å². The van der Waals surface area contributed by atoms with Gasteiger partial charge < -0.3 is 5.32 Å². The van der Waals surface area contributed by atoms with Crippen LogP contribution in [-0.2, 0) is 23.7 Å². The first-order valence-corrected chi connectivity index (χ1v) is 9.14. The minimum Gasteiger partial charge on any atom is -0.323 e. The summed E-state index contributed by atoms with van der Waals surface area (Å²) >= 11 is 0. The Labute approximate surface area is 178 Å². The summed E-state index contributed by atoms with van der Waals surface area (Å²) in [5.41, 5.74) is -1.12. The Kier molecular flexibility index (Phi) is 6.53. The van der Waals surface area contributed by atoms with Gasteiger partial charge >= 0.3 is 12.4 Å². The number of carbonyl (C=O) groups is 1. The molecule has 0 fully saturated rings. The number of likely N-dealkylation sites (N-methyl/N-ethyl adjacent to an activating group) is 1. The fourth-order valence-corrected chi connectivity index (χ4v) is 2.95. The zero-order chi connectivity index (χ0) is 23.5. The van der Waals surface area contributed by atoms with Gasteiger partial charge in [-0.2, -0.15) is 31.4 Å². The van der Waals surface area contributed by atoms with Crippen molar-refractivity contribution in [1.82, 2.24) is 19.7 Å². The van der Waals surface area contributed by atoms with Crippen molar-refractivity contribution < 1.29 is 31.1 Å². The van der Waals surface area contributed by atoms with Gasteiger partial charge in [0, 0.05) is 6.54 Å². The SMILES string of the molecule is CN(CC(=O)Nc1cc(C(F)(F)F)ccc1-n1cncn1)Cc1ccc(C(F)(F)F)cc1. The average molecular weight is 457 g/mol. The maximum absolute atomic E-state index is 13.1. The molecule has 0 radical (unpaired) electrons. The van der Waals surface area contributed by atoms with Crippen molar-refractivity contribution in [3.63, 3.8) is 0 Å². The van der Waals surface area contributed by atoms with Crippen LogP contribution in [0, 0.1) is 0 Å². The normalized spacial score (nSPS) is 12.2. The van der Waals surface area contributed by atoms with Gasteiger partial charge in [-0.25, -0.2) is 9.67 Å². The molecule has 1 heterocycles. The van der Waals surface area contributed by atoms with Crippen LogP contribution in [0.4, 0.5) is 32.0 Å². The van der Waals surface area contributed by atoms with E-state index in [4.69, 9.17) is 0 Å². The first-order valence-electron chi connectivity index (χ1n) is 9.14. The maximum Gasteiger partial charge on any atom is 0.416 e. The van der Waals surface area contributed by atoms with Crippen molar-refractivity contribution >= 4 is 11.6 Å². The topological polar surface area (TPSA) is 63.1 Å². The van der Waals surface area contributed by atoms with Crippen molar-refractivity contribution in [3.05, 3.63) is 71.8 Å². The number of amides is 1. The van der Waals surface area contributed by atoms with E-state index in [1.165, 1.54) is 40.4 Å². The maximum atomic E-state index is 13.1. The van der Waals surface area contributed by atoms with E-state index >= 15 is 0 Å². The Morgan fingerprint density at radius 3 is 2.19 bits per heavy atom. The Morgan fingerprint density at radius 1 is 1.00 bits per heavy atom. The number of aromatic nitrogens is 3. The molecule has 2 aromatic carbocycles. The standard InChI is InChI=1S/C20H17F6N5O/c1-30(9-13-2-4-14(5-3-13)19(21,22)23)10-18(32)29-16-8-15(20(24,25)26)6-7-17(16)31-12-27-11-28-31/h2-8,11-12H,9-10H2,1H3,(H,29,32). The number of alkyl halides is 6. The Balaban J connectivity index is 1.71. The summed E-state index contributed by atoms with van der Waals surface area (Å²) in [7, 11) is 1.56. The number of nitrogens with zero attached hydrogens (tertiary/aromatic N) is 4. The Morgan fingerprint density at radius 2 is 1.62 bits per heavy atom. The average Bonchev–Trinajstić information content (AvgIpc) is 3.21. The lowest BCUT2D eigenvalue weighted by atomic mass is 10.1. The fraction of sp³-hybridized carbons (Fsp3) is 0.250. The minimum atomic E-state index is -4.61. The van der Waals surface area contributed by atoms with E-state index in [9.17, 15) is 31.1 Å². The second-order valence-corrected chi connectivity index (χ2v) is 6.98. The first-order chi connectivity index (χ1) is 14.9. The first kappa shape index (κ1) is 23.3. The van der Waals surface area contributed by atoms with Gasteiger partial charge in [-0.1, -0.05) is 12.1 Å². The van der Waals surface area contributed by atoms with Gasteiger partial charge in [0.1, 0.15) is 12.7 Å². The third kappa shape index (κ3) is 5.84. The highest BCUT2D eigenvalue weighted by molar-refractivity contribution is 5.94. The molecule has 12 heteroatoms. The molecule has 3 aromatic rings. The molecule has 0 bridgehead atoms. The predicted octanol–water partition coefficient (Wildman–Crippen LogP) is 4.38. The van der Waals surface area contributed by atoms with Crippen LogP contribution in [0.1, 0.15) is 16.7 Å². The van der Waals surface area contributed by atoms with E-state index in [-0.39, 0.29) is 24.5 Å². The van der Waals surface area contributed by atoms with Crippen molar-refractivity contribution in [3.8, 4) is 5.69 Å². The molecule has 1 aromatic heterocycles. The number of halogens is 6. The molecule has 0 saturated heterocycles. The highest BCUT2D eigenvalue weighted by Crippen LogP contribution is 2.33. The van der Waals surface area contributed by atoms with Crippen LogP contribution < -0.4 is 5.32 Å². The third-order valence-electron chi connectivity index (χ3n) is 4.41. The summed E-state index contributed by atoms with van der Waals surface area (Å²) in [6.07, 6.45) is -6.59. The number of carbonyl (C=O) groups excluding carboxylic acids is 1. The lowest BCUT2D eigenvalue weighted by molar-refractivity contribution is -0.138. The molecule has 1 amide bonds. The fourth-order valence-electron chi connectivity index (χ4n) is 2.95. The van der Waals surface area contributed by atoms with Crippen LogP contribution in [0.2, 0.25) is 0 Å². The molecule has 0 spiro atoms. The molecule has 0 aliphatic carbocycles. The van der Waals surface area contributed by atoms with E-state index in [1.807, 2.05) is 0 Å². The second kappa shape index (κ2) is 8.99. The van der Waals surface area contributed by atoms with Gasteiger partial charge in [0.15, 0.2) is 0 Å². The van der Waals surface area contributed by atoms with Gasteiger partial charge in [0.05, 0.1) is 29.0 Å². The second-order valence-electron chi connectivity index (χ2n) is 6.98. The summed E-state index contributed by atoms with van der Waals surface area (Å²) in [5, 5.41) is 6.31. The summed E-state index contributed by atoms with van der Waals surface area (Å²) < 4.78 is 78.5. The highest BCUT2D eigenvalue weighted by Gasteiger charge is 2.32. The zero-order valence-electron chi connectivity index (χ0n) is 16.6. The molecular weight excluding hydrogens is 440 g/mol. The monoisotopic (exact) mass is 457 g/mol. The van der Waals surface area contributed by atoms with Gasteiger partial charge in [-0.15, -0.1) is 0 Å². The lowest BCUT2D eigenvalue weighted by Gasteiger charge is -2.18. The number of hydrogen-bond acceptors (Lipinski definition) is 4. The number of rotatable bonds is 6. The quantitative estimate of drug-likeness (QED) is 0.559. The van der Waals surface area contributed by atoms with Crippen molar-refractivity contribution in [2.75, 3.05) is 18.9 Å². The van der Waals surface area contributed by atoms with Crippen LogP contribution in [0.25, 0.3) is 5.69 Å². The zero-order valence-corrected chi connectivity index (χ0v) is 16.6. The minimum absolute atomic E-state index is 0.113. The third-order valence-corrected chi connectivity index (χ3v) is 4.41. The van der Waals surface area contributed by atoms with E-state index in [1.54, 1.807) is 7.05 Å². The van der Waals surface area contributed by atoms with E-state index in [2.05, 4.69) is 15.4 Å². The van der Waals surface area contributed by atoms with Crippen LogP contribution in [0.5, 0.6) is 0 Å². The molecule has 32 heavy (non-hydrogen) atoms. The Hall–Kier alpha value is -3.41.